The number of Topliss-reactive ketones (excluding diaryl/α,β-unsaturated/α-hetero) is 2. The van der Waals surface area contributed by atoms with Crippen LogP contribution in [0.1, 0.15) is 124 Å². The topological polar surface area (TPSA) is 188 Å². The second-order valence-electron chi connectivity index (χ2n) is 19.7. The molecule has 67 heavy (non-hydrogen) atoms. The second kappa shape index (κ2) is 24.6. The van der Waals surface area contributed by atoms with Crippen LogP contribution in [0.25, 0.3) is 0 Å². The highest BCUT2D eigenvalue weighted by molar-refractivity contribution is 6.39. The Bertz CT molecular complexity index is 1910. The molecule has 15 atom stereocenters. The third kappa shape index (κ3) is 13.6. The fourth-order valence-corrected chi connectivity index (χ4v) is 10.9. The Labute approximate surface area is 400 Å². The first-order valence-corrected chi connectivity index (χ1v) is 24.5. The summed E-state index contributed by atoms with van der Waals surface area (Å²) in [5, 5.41) is 34.9. The van der Waals surface area contributed by atoms with E-state index in [4.69, 9.17) is 40.0 Å². The van der Waals surface area contributed by atoms with Gasteiger partial charge in [0.1, 0.15) is 36.0 Å². The van der Waals surface area contributed by atoms with Gasteiger partial charge in [-0.25, -0.2) is 9.18 Å². The van der Waals surface area contributed by atoms with Gasteiger partial charge in [0.2, 0.25) is 5.79 Å². The number of aliphatic hydroxyl groups is 3. The van der Waals surface area contributed by atoms with Gasteiger partial charge < -0.3 is 48.6 Å². The molecule has 1 amide bonds. The summed E-state index contributed by atoms with van der Waals surface area (Å²) in [4.78, 5) is 58.3. The van der Waals surface area contributed by atoms with E-state index in [-0.39, 0.29) is 67.3 Å². The Morgan fingerprint density at radius 1 is 0.955 bits per heavy atom. The molecule has 376 valence electrons. The number of aliphatic hydroxyl groups excluding tert-OH is 2. The number of hydrogen-bond donors (Lipinski definition) is 3. The molecule has 2 saturated heterocycles. The summed E-state index contributed by atoms with van der Waals surface area (Å²) in [5.41, 5.74) is 1.89. The number of carbonyl (C=O) groups is 4. The predicted octanol–water partition coefficient (Wildman–Crippen LogP) is 7.02. The van der Waals surface area contributed by atoms with Gasteiger partial charge in [0.15, 0.2) is 0 Å². The molecular formula is C51H75ClFNO13. The number of methoxy groups -OCH3 is 3. The van der Waals surface area contributed by atoms with E-state index < -0.39 is 89.7 Å². The van der Waals surface area contributed by atoms with Crippen LogP contribution < -0.4 is 0 Å². The molecule has 1 aromatic rings. The van der Waals surface area contributed by atoms with Crippen LogP contribution in [-0.4, -0.2) is 133 Å². The van der Waals surface area contributed by atoms with E-state index in [2.05, 4.69) is 0 Å². The largest absolute Gasteiger partial charge is 0.456 e. The van der Waals surface area contributed by atoms with Crippen molar-refractivity contribution in [1.82, 2.24) is 4.90 Å². The van der Waals surface area contributed by atoms with E-state index in [1.54, 1.807) is 27.9 Å². The lowest BCUT2D eigenvalue weighted by molar-refractivity contribution is -0.302. The molecule has 1 aliphatic carbocycles. The lowest BCUT2D eigenvalue weighted by Crippen LogP contribution is -2.64. The molecule has 14 nitrogen and oxygen atoms in total. The fraction of sp³-hybridized carbons (Fsp3) is 0.725. The number of allylic oxidation sites excluding steroid dienone is 3. The van der Waals surface area contributed by atoms with Crippen LogP contribution in [0.3, 0.4) is 0 Å². The van der Waals surface area contributed by atoms with Crippen molar-refractivity contribution in [2.24, 2.45) is 29.6 Å². The average Bonchev–Trinajstić information content (AvgIpc) is 3.30. The molecule has 16 heteroatoms. The van der Waals surface area contributed by atoms with Crippen molar-refractivity contribution < 1.29 is 67.3 Å². The highest BCUT2D eigenvalue weighted by Gasteiger charge is 2.56. The Hall–Kier alpha value is -3.12. The maximum absolute atomic E-state index is 14.5. The Kier molecular flexibility index (Phi) is 20.1. The first-order chi connectivity index (χ1) is 31.7. The lowest BCUT2D eigenvalue weighted by Gasteiger charge is -2.47. The van der Waals surface area contributed by atoms with Crippen LogP contribution in [0.15, 0.2) is 41.5 Å². The maximum atomic E-state index is 14.5. The van der Waals surface area contributed by atoms with Crippen molar-refractivity contribution in [2.45, 2.75) is 173 Å². The zero-order valence-corrected chi connectivity index (χ0v) is 41.5. The summed E-state index contributed by atoms with van der Waals surface area (Å²) in [6.45, 7) is 11.0. The summed E-state index contributed by atoms with van der Waals surface area (Å²) in [6, 6.07) is 2.67. The van der Waals surface area contributed by atoms with Crippen LogP contribution in [0.2, 0.25) is 5.02 Å². The van der Waals surface area contributed by atoms with E-state index in [0.717, 1.165) is 11.6 Å². The monoisotopic (exact) mass is 963 g/mol. The molecule has 3 aliphatic heterocycles. The van der Waals surface area contributed by atoms with Gasteiger partial charge in [0, 0.05) is 57.1 Å². The normalized spacial score (nSPS) is 36.4. The second-order valence-corrected chi connectivity index (χ2v) is 20.1. The van der Waals surface area contributed by atoms with Crippen LogP contribution in [0, 0.1) is 35.4 Å². The summed E-state index contributed by atoms with van der Waals surface area (Å²) in [6.07, 6.45) is 2.21. The van der Waals surface area contributed by atoms with Gasteiger partial charge in [-0.2, -0.15) is 0 Å². The number of piperidine rings is 1. The highest BCUT2D eigenvalue weighted by Crippen LogP contribution is 2.40. The van der Waals surface area contributed by atoms with Crippen molar-refractivity contribution in [3.63, 3.8) is 0 Å². The number of esters is 1. The number of hydrogen-bond acceptors (Lipinski definition) is 13. The first kappa shape index (κ1) is 54.8. The number of carbonyl (C=O) groups excluding carboxylic acids is 4. The number of ketones is 2. The number of nitrogens with zero attached hydrogens (tertiary/aromatic N) is 1. The predicted molar refractivity (Wildman–Crippen MR) is 248 cm³/mol. The van der Waals surface area contributed by atoms with Crippen molar-refractivity contribution in [3.8, 4) is 0 Å². The molecule has 3 heterocycles. The molecule has 5 rings (SSSR count). The lowest BCUT2D eigenvalue weighted by atomic mass is 9.81. The minimum atomic E-state index is -2.54. The Morgan fingerprint density at radius 2 is 1.64 bits per heavy atom. The molecule has 1 aromatic carbocycles. The van der Waals surface area contributed by atoms with Crippen LogP contribution in [-0.2, 0) is 47.6 Å². The molecule has 15 unspecified atom stereocenters. The molecule has 3 fully saturated rings. The van der Waals surface area contributed by atoms with Gasteiger partial charge in [-0.05, 0) is 119 Å². The number of cyclic esters (lactones) is 1. The van der Waals surface area contributed by atoms with Crippen molar-refractivity contribution in [1.29, 1.82) is 0 Å². The van der Waals surface area contributed by atoms with E-state index in [9.17, 15) is 38.9 Å². The summed E-state index contributed by atoms with van der Waals surface area (Å²) in [5.74, 6) is -8.46. The van der Waals surface area contributed by atoms with Crippen LogP contribution in [0.4, 0.5) is 4.39 Å². The van der Waals surface area contributed by atoms with Gasteiger partial charge in [-0.15, -0.1) is 0 Å². The van der Waals surface area contributed by atoms with Crippen molar-refractivity contribution >= 4 is 35.0 Å². The maximum Gasteiger partial charge on any atom is 0.329 e. The third-order valence-corrected chi connectivity index (χ3v) is 14.8. The SMILES string of the molecule is CCC1C=C(C)CC(C)CC(OC)C2OC(O)(C(=O)C(=O)N3CCCCC3C(=O)OC(C(C)=CC3CCC(OCC(O)c4cc(F)cc(Cl)c4)C(OC)C3)C(C)C(O)CC1=O)C(C)CC2OC. The zero-order valence-electron chi connectivity index (χ0n) is 40.8. The Balaban J connectivity index is 1.45. The number of amides is 1. The molecule has 3 N–H and O–H groups in total. The number of halogens is 2. The molecular weight excluding hydrogens is 889 g/mol. The molecule has 1 saturated carbocycles. The molecule has 0 aromatic heterocycles. The van der Waals surface area contributed by atoms with E-state index in [0.29, 0.717) is 62.5 Å². The minimum Gasteiger partial charge on any atom is -0.456 e. The van der Waals surface area contributed by atoms with Gasteiger partial charge in [0.05, 0.1) is 37.1 Å². The first-order valence-electron chi connectivity index (χ1n) is 24.1. The quantitative estimate of drug-likeness (QED) is 0.123. The summed E-state index contributed by atoms with van der Waals surface area (Å²) < 4.78 is 50.3. The molecule has 0 radical (unpaired) electrons. The van der Waals surface area contributed by atoms with Gasteiger partial charge in [-0.3, -0.25) is 14.4 Å². The molecule has 0 spiro atoms. The number of fused-ring (bicyclic) bond motifs is 3. The highest BCUT2D eigenvalue weighted by atomic mass is 35.5. The Morgan fingerprint density at radius 3 is 2.30 bits per heavy atom. The molecule has 4 aliphatic rings. The van der Waals surface area contributed by atoms with Gasteiger partial charge in [-0.1, -0.05) is 57.0 Å². The van der Waals surface area contributed by atoms with E-state index in [1.807, 2.05) is 32.9 Å². The third-order valence-electron chi connectivity index (χ3n) is 14.6. The van der Waals surface area contributed by atoms with Crippen LogP contribution in [0.5, 0.6) is 0 Å². The fourth-order valence-electron chi connectivity index (χ4n) is 10.6. The van der Waals surface area contributed by atoms with E-state index >= 15 is 0 Å². The number of benzene rings is 1. The molecule has 2 bridgehead atoms. The zero-order chi connectivity index (χ0) is 49.3. The summed E-state index contributed by atoms with van der Waals surface area (Å²) >= 11 is 6.01. The van der Waals surface area contributed by atoms with Gasteiger partial charge in [0.25, 0.3) is 11.7 Å². The van der Waals surface area contributed by atoms with Gasteiger partial charge >= 0.3 is 5.97 Å². The van der Waals surface area contributed by atoms with E-state index in [1.165, 1.54) is 31.3 Å². The smallest absolute Gasteiger partial charge is 0.329 e. The number of rotatable bonds is 10. The minimum absolute atomic E-state index is 0.00805. The van der Waals surface area contributed by atoms with Crippen LogP contribution >= 0.6 is 11.6 Å². The average molecular weight is 965 g/mol. The number of ether oxygens (including phenoxy) is 6. The summed E-state index contributed by atoms with van der Waals surface area (Å²) in [7, 11) is 4.62. The standard InChI is InChI=1S/C51H75ClFNO13/c1-10-34-18-28(2)17-29(3)19-44(63-8)47-45(64-9)21-31(5)51(61,67-47)48(58)49(59)54-16-12-11-13-38(54)50(60)66-46(32(6)39(55)26-40(34)56)30(4)20-33-14-15-42(43(22-33)62-7)65-27-41(57)35-23-36(52)25-37(53)24-35/h18,20,23-25,29,31-34,38-39,41-47,55,57,61H,10-17,19,21-22,26-27H2,1-9H3. The van der Waals surface area contributed by atoms with Crippen molar-refractivity contribution in [2.75, 3.05) is 34.5 Å². The van der Waals surface area contributed by atoms with Crippen molar-refractivity contribution in [3.05, 3.63) is 57.9 Å².